The summed E-state index contributed by atoms with van der Waals surface area (Å²) in [4.78, 5) is 28.0. The third kappa shape index (κ3) is 5.01. The van der Waals surface area contributed by atoms with Crippen molar-refractivity contribution in [1.82, 2.24) is 0 Å². The van der Waals surface area contributed by atoms with Crippen molar-refractivity contribution >= 4 is 39.4 Å². The van der Waals surface area contributed by atoms with E-state index in [9.17, 15) is 9.59 Å². The van der Waals surface area contributed by atoms with Gasteiger partial charge in [0.1, 0.15) is 11.4 Å². The van der Waals surface area contributed by atoms with Gasteiger partial charge in [-0.3, -0.25) is 4.90 Å². The third-order valence-corrected chi connectivity index (χ3v) is 5.83. The summed E-state index contributed by atoms with van der Waals surface area (Å²) < 4.78 is 17.2. The standard InChI is InChI=1S/C24H29BrN2O5/c1-23(2,3)32-22(29)27-20-14-19(30-4)11-6-16(20)15-24(27,21(28)31-5)12-13-26-18-9-7-17(25)8-10-18/h6-11,14,26H,12-13,15H2,1-5H3. The van der Waals surface area contributed by atoms with Crippen LogP contribution in [-0.2, 0) is 20.7 Å². The van der Waals surface area contributed by atoms with Gasteiger partial charge in [0.2, 0.25) is 0 Å². The van der Waals surface area contributed by atoms with Gasteiger partial charge in [-0.1, -0.05) is 22.0 Å². The average molecular weight is 505 g/mol. The predicted molar refractivity (Wildman–Crippen MR) is 127 cm³/mol. The highest BCUT2D eigenvalue weighted by molar-refractivity contribution is 9.10. The molecule has 0 spiro atoms. The van der Waals surface area contributed by atoms with Gasteiger partial charge in [-0.15, -0.1) is 0 Å². The zero-order valence-electron chi connectivity index (χ0n) is 19.0. The van der Waals surface area contributed by atoms with Crippen LogP contribution in [0.3, 0.4) is 0 Å². The molecule has 3 rings (SSSR count). The first-order valence-corrected chi connectivity index (χ1v) is 11.2. The molecule has 1 heterocycles. The number of benzene rings is 2. The molecule has 0 aromatic heterocycles. The minimum absolute atomic E-state index is 0.320. The molecule has 2 aromatic rings. The van der Waals surface area contributed by atoms with E-state index < -0.39 is 23.2 Å². The van der Waals surface area contributed by atoms with Crippen molar-refractivity contribution in [2.45, 2.75) is 44.8 Å². The molecule has 8 heteroatoms. The average Bonchev–Trinajstić information content (AvgIpc) is 3.07. The first-order valence-electron chi connectivity index (χ1n) is 10.4. The Bertz CT molecular complexity index is 987. The van der Waals surface area contributed by atoms with Gasteiger partial charge in [0.25, 0.3) is 0 Å². The van der Waals surface area contributed by atoms with Crippen molar-refractivity contribution in [3.63, 3.8) is 0 Å². The number of anilines is 2. The molecular weight excluding hydrogens is 476 g/mol. The minimum atomic E-state index is -1.24. The highest BCUT2D eigenvalue weighted by Crippen LogP contribution is 2.44. The molecule has 0 radical (unpaired) electrons. The van der Waals surface area contributed by atoms with E-state index >= 15 is 0 Å². The highest BCUT2D eigenvalue weighted by atomic mass is 79.9. The molecule has 7 nitrogen and oxygen atoms in total. The Morgan fingerprint density at radius 1 is 1.12 bits per heavy atom. The number of hydrogen-bond donors (Lipinski definition) is 1. The molecule has 1 atom stereocenters. The Kier molecular flexibility index (Phi) is 7.03. The molecule has 1 amide bonds. The summed E-state index contributed by atoms with van der Waals surface area (Å²) in [6.45, 7) is 5.83. The van der Waals surface area contributed by atoms with E-state index in [4.69, 9.17) is 14.2 Å². The van der Waals surface area contributed by atoms with E-state index in [2.05, 4.69) is 21.2 Å². The van der Waals surface area contributed by atoms with Crippen LogP contribution in [0.5, 0.6) is 5.75 Å². The molecule has 0 saturated carbocycles. The predicted octanol–water partition coefficient (Wildman–Crippen LogP) is 5.17. The lowest BCUT2D eigenvalue weighted by molar-refractivity contribution is -0.147. The number of carbonyl (C=O) groups excluding carboxylic acids is 2. The van der Waals surface area contributed by atoms with Gasteiger partial charge < -0.3 is 19.5 Å². The van der Waals surface area contributed by atoms with Crippen molar-refractivity contribution in [2.24, 2.45) is 0 Å². The van der Waals surface area contributed by atoms with Crippen LogP contribution >= 0.6 is 15.9 Å². The first kappa shape index (κ1) is 23.9. The molecule has 2 aromatic carbocycles. The maximum Gasteiger partial charge on any atom is 0.415 e. The Labute approximate surface area is 197 Å². The fourth-order valence-corrected chi connectivity index (χ4v) is 4.14. The number of methoxy groups -OCH3 is 2. The smallest absolute Gasteiger partial charge is 0.415 e. The largest absolute Gasteiger partial charge is 0.497 e. The summed E-state index contributed by atoms with van der Waals surface area (Å²) >= 11 is 3.42. The molecule has 0 fully saturated rings. The van der Waals surface area contributed by atoms with Gasteiger partial charge in [0.15, 0.2) is 5.54 Å². The number of ether oxygens (including phenoxy) is 3. The summed E-state index contributed by atoms with van der Waals surface area (Å²) in [6.07, 6.45) is 0.0465. The number of nitrogens with one attached hydrogen (secondary N) is 1. The van der Waals surface area contributed by atoms with Crippen molar-refractivity contribution in [2.75, 3.05) is 31.0 Å². The second kappa shape index (κ2) is 9.40. The maximum atomic E-state index is 13.4. The molecule has 0 saturated heterocycles. The maximum absolute atomic E-state index is 13.4. The summed E-state index contributed by atoms with van der Waals surface area (Å²) in [5, 5.41) is 3.33. The number of hydrogen-bond acceptors (Lipinski definition) is 6. The zero-order chi connectivity index (χ0) is 23.5. The lowest BCUT2D eigenvalue weighted by Crippen LogP contribution is -2.58. The summed E-state index contributed by atoms with van der Waals surface area (Å²) in [6, 6.07) is 13.2. The van der Waals surface area contributed by atoms with E-state index in [1.165, 1.54) is 12.0 Å². The Morgan fingerprint density at radius 3 is 2.41 bits per heavy atom. The lowest BCUT2D eigenvalue weighted by atomic mass is 9.90. The summed E-state index contributed by atoms with van der Waals surface area (Å²) in [7, 11) is 2.90. The van der Waals surface area contributed by atoms with E-state index in [1.807, 2.05) is 36.4 Å². The van der Waals surface area contributed by atoms with E-state index in [0.717, 1.165) is 15.7 Å². The monoisotopic (exact) mass is 504 g/mol. The topological polar surface area (TPSA) is 77.1 Å². The number of fused-ring (bicyclic) bond motifs is 1. The fourth-order valence-electron chi connectivity index (χ4n) is 3.87. The number of rotatable bonds is 6. The zero-order valence-corrected chi connectivity index (χ0v) is 20.6. The van der Waals surface area contributed by atoms with Gasteiger partial charge in [-0.05, 0) is 63.1 Å². The van der Waals surface area contributed by atoms with E-state index in [-0.39, 0.29) is 0 Å². The molecule has 1 aliphatic rings. The Hall–Kier alpha value is -2.74. The van der Waals surface area contributed by atoms with Gasteiger partial charge in [-0.25, -0.2) is 9.59 Å². The molecule has 32 heavy (non-hydrogen) atoms. The number of halogens is 1. The van der Waals surface area contributed by atoms with E-state index in [0.29, 0.717) is 30.8 Å². The summed E-state index contributed by atoms with van der Waals surface area (Å²) in [5.41, 5.74) is 0.386. The number of amides is 1. The second-order valence-corrected chi connectivity index (χ2v) is 9.61. The molecule has 1 aliphatic heterocycles. The van der Waals surface area contributed by atoms with Crippen LogP contribution in [-0.4, -0.2) is 44.0 Å². The molecule has 0 bridgehead atoms. The Balaban J connectivity index is 1.97. The minimum Gasteiger partial charge on any atom is -0.497 e. The molecule has 1 N–H and O–H groups in total. The normalized spacial score (nSPS) is 17.5. The Morgan fingerprint density at radius 2 is 1.81 bits per heavy atom. The SMILES string of the molecule is COC(=O)C1(CCNc2ccc(Br)cc2)Cc2ccc(OC)cc2N1C(=O)OC(C)(C)C. The van der Waals surface area contributed by atoms with Crippen molar-refractivity contribution in [1.29, 1.82) is 0 Å². The lowest BCUT2D eigenvalue weighted by Gasteiger charge is -2.37. The number of nitrogens with zero attached hydrogens (tertiary/aromatic N) is 1. The quantitative estimate of drug-likeness (QED) is 0.546. The summed E-state index contributed by atoms with van der Waals surface area (Å²) in [5.74, 6) is 0.0992. The van der Waals surface area contributed by atoms with Crippen LogP contribution in [0.15, 0.2) is 46.9 Å². The van der Waals surface area contributed by atoms with Crippen molar-refractivity contribution < 1.29 is 23.8 Å². The molecule has 172 valence electrons. The van der Waals surface area contributed by atoms with Crippen molar-refractivity contribution in [3.8, 4) is 5.75 Å². The number of esters is 1. The van der Waals surface area contributed by atoms with Crippen LogP contribution in [0.1, 0.15) is 32.8 Å². The van der Waals surface area contributed by atoms with Crippen LogP contribution in [0, 0.1) is 0 Å². The van der Waals surface area contributed by atoms with Crippen LogP contribution in [0.25, 0.3) is 0 Å². The van der Waals surface area contributed by atoms with Gasteiger partial charge in [0.05, 0.1) is 19.9 Å². The van der Waals surface area contributed by atoms with E-state index in [1.54, 1.807) is 33.9 Å². The van der Waals surface area contributed by atoms with Gasteiger partial charge in [-0.2, -0.15) is 0 Å². The second-order valence-electron chi connectivity index (χ2n) is 8.69. The van der Waals surface area contributed by atoms with Crippen molar-refractivity contribution in [3.05, 3.63) is 52.5 Å². The molecule has 1 unspecified atom stereocenters. The molecule has 0 aliphatic carbocycles. The van der Waals surface area contributed by atoms with Crippen LogP contribution in [0.4, 0.5) is 16.2 Å². The van der Waals surface area contributed by atoms with Crippen LogP contribution < -0.4 is 15.0 Å². The van der Waals surface area contributed by atoms with Crippen LogP contribution in [0.2, 0.25) is 0 Å². The van der Waals surface area contributed by atoms with Gasteiger partial charge >= 0.3 is 12.1 Å². The fraction of sp³-hybridized carbons (Fsp3) is 0.417. The molecular formula is C24H29BrN2O5. The third-order valence-electron chi connectivity index (χ3n) is 5.30. The number of carbonyl (C=O) groups is 2. The first-order chi connectivity index (χ1) is 15.1. The highest BCUT2D eigenvalue weighted by Gasteiger charge is 2.54. The van der Waals surface area contributed by atoms with Gasteiger partial charge in [0, 0.05) is 29.2 Å².